The normalized spacial score (nSPS) is 14.5. The van der Waals surface area contributed by atoms with Crippen molar-refractivity contribution in [2.24, 2.45) is 18.7 Å². The number of carbonyl (C=O) groups excluding carboxylic acids is 1. The Morgan fingerprint density at radius 1 is 1.08 bits per heavy atom. The number of hydrogen-bond donors (Lipinski definition) is 2. The van der Waals surface area contributed by atoms with E-state index in [-0.39, 0.29) is 17.4 Å². The van der Waals surface area contributed by atoms with Crippen molar-refractivity contribution in [1.82, 2.24) is 18.9 Å². The molecule has 188 valence electrons. The fourth-order valence-electron chi connectivity index (χ4n) is 5.17. The van der Waals surface area contributed by atoms with Crippen molar-refractivity contribution >= 4 is 50.8 Å². The fourth-order valence-corrected chi connectivity index (χ4v) is 5.17. The number of piperidine rings is 1. The summed E-state index contributed by atoms with van der Waals surface area (Å²) in [6.07, 6.45) is 3.14. The van der Waals surface area contributed by atoms with E-state index < -0.39 is 0 Å². The van der Waals surface area contributed by atoms with Crippen molar-refractivity contribution in [3.8, 4) is 5.75 Å². The molecule has 0 saturated carbocycles. The van der Waals surface area contributed by atoms with Gasteiger partial charge in [-0.05, 0) is 37.1 Å². The predicted molar refractivity (Wildman–Crippen MR) is 144 cm³/mol. The molecule has 0 radical (unpaired) electrons. The van der Waals surface area contributed by atoms with Gasteiger partial charge in [-0.3, -0.25) is 14.0 Å². The van der Waals surface area contributed by atoms with E-state index in [1.54, 1.807) is 24.9 Å². The van der Waals surface area contributed by atoms with Crippen molar-refractivity contribution in [1.29, 1.82) is 0 Å². The Bertz CT molecular complexity index is 1730. The molecule has 0 bridgehead atoms. The highest BCUT2D eigenvalue weighted by molar-refractivity contribution is 5.92. The summed E-state index contributed by atoms with van der Waals surface area (Å²) in [5.74, 6) is 0.749. The average molecular weight is 498 g/mol. The van der Waals surface area contributed by atoms with E-state index in [1.165, 1.54) is 0 Å². The molecule has 0 spiro atoms. The van der Waals surface area contributed by atoms with E-state index in [9.17, 15) is 9.59 Å². The summed E-state index contributed by atoms with van der Waals surface area (Å²) in [7, 11) is 3.35. The molecule has 0 unspecified atom stereocenters. The Morgan fingerprint density at radius 2 is 1.86 bits per heavy atom. The van der Waals surface area contributed by atoms with Crippen LogP contribution < -0.4 is 26.2 Å². The molecule has 10 heteroatoms. The molecule has 1 aliphatic rings. The zero-order valence-electron chi connectivity index (χ0n) is 20.6. The summed E-state index contributed by atoms with van der Waals surface area (Å²) in [5.41, 5.74) is 9.83. The number of fused-ring (bicyclic) bond motifs is 5. The Morgan fingerprint density at radius 3 is 2.62 bits per heavy atom. The van der Waals surface area contributed by atoms with Crippen molar-refractivity contribution in [2.75, 3.05) is 30.4 Å². The molecule has 0 aliphatic carbocycles. The van der Waals surface area contributed by atoms with Crippen LogP contribution in [0.3, 0.4) is 0 Å². The Labute approximate surface area is 212 Å². The van der Waals surface area contributed by atoms with E-state index >= 15 is 0 Å². The van der Waals surface area contributed by atoms with Gasteiger partial charge in [-0.25, -0.2) is 4.98 Å². The molecule has 3 aromatic heterocycles. The Hall–Kier alpha value is -4.60. The van der Waals surface area contributed by atoms with E-state index in [1.807, 2.05) is 52.9 Å². The highest BCUT2D eigenvalue weighted by Crippen LogP contribution is 2.33. The minimum Gasteiger partial charge on any atom is -0.494 e. The molecule has 6 rings (SSSR count). The smallest absolute Gasteiger partial charge is 0.275 e. The third-order valence-electron chi connectivity index (χ3n) is 7.25. The first-order valence-corrected chi connectivity index (χ1v) is 12.2. The van der Waals surface area contributed by atoms with Gasteiger partial charge in [0.25, 0.3) is 5.56 Å². The fraction of sp³-hybridized carbons (Fsp3) is 0.259. The van der Waals surface area contributed by atoms with Gasteiger partial charge in [0.15, 0.2) is 5.65 Å². The quantitative estimate of drug-likeness (QED) is 0.383. The summed E-state index contributed by atoms with van der Waals surface area (Å²) >= 11 is 0. The second kappa shape index (κ2) is 8.81. The number of nitrogens with zero attached hydrogens (tertiary/aromatic N) is 5. The SMILES string of the molecule is COc1cc(N2CCC(C(N)=O)CC2)ccc1Nc1ncc2c(n1)n1c(cc3ccccc31)c(=O)n2C. The molecule has 2 aromatic carbocycles. The summed E-state index contributed by atoms with van der Waals surface area (Å²) < 4.78 is 9.14. The monoisotopic (exact) mass is 497 g/mol. The summed E-state index contributed by atoms with van der Waals surface area (Å²) in [6, 6.07) is 15.7. The van der Waals surface area contributed by atoms with Gasteiger partial charge in [0.2, 0.25) is 11.9 Å². The van der Waals surface area contributed by atoms with E-state index in [2.05, 4.69) is 15.2 Å². The van der Waals surface area contributed by atoms with Crippen LogP contribution in [-0.2, 0) is 11.8 Å². The lowest BCUT2D eigenvalue weighted by Gasteiger charge is -2.32. The highest BCUT2D eigenvalue weighted by atomic mass is 16.5. The lowest BCUT2D eigenvalue weighted by molar-refractivity contribution is -0.122. The largest absolute Gasteiger partial charge is 0.494 e. The van der Waals surface area contributed by atoms with Crippen LogP contribution in [0.1, 0.15) is 12.8 Å². The number of amides is 1. The minimum atomic E-state index is -0.225. The number of ether oxygens (including phenoxy) is 1. The number of aromatic nitrogens is 4. The second-order valence-electron chi connectivity index (χ2n) is 9.36. The van der Waals surface area contributed by atoms with Gasteiger partial charge in [0, 0.05) is 43.2 Å². The molecule has 1 saturated heterocycles. The van der Waals surface area contributed by atoms with Crippen LogP contribution in [0.25, 0.3) is 27.6 Å². The first-order chi connectivity index (χ1) is 17.9. The molecule has 1 fully saturated rings. The summed E-state index contributed by atoms with van der Waals surface area (Å²) in [4.78, 5) is 36.0. The van der Waals surface area contributed by atoms with Crippen LogP contribution in [0.15, 0.2) is 59.5 Å². The minimum absolute atomic E-state index is 0.0625. The standard InChI is InChI=1S/C27H27N7O3/c1-32-22-15-29-27(31-25(22)34-20-6-4-3-5-17(20)13-21(34)26(32)36)30-19-8-7-18(14-23(19)37-2)33-11-9-16(10-12-33)24(28)35/h3-8,13-16H,9-12H2,1-2H3,(H2,28,35)(H,29,30,31). The molecule has 37 heavy (non-hydrogen) atoms. The van der Waals surface area contributed by atoms with Gasteiger partial charge in [0.05, 0.1) is 24.5 Å². The van der Waals surface area contributed by atoms with Crippen LogP contribution in [0.4, 0.5) is 17.3 Å². The Balaban J connectivity index is 1.37. The summed E-state index contributed by atoms with van der Waals surface area (Å²) in [5, 5.41) is 4.25. The lowest BCUT2D eigenvalue weighted by atomic mass is 9.96. The zero-order valence-corrected chi connectivity index (χ0v) is 20.6. The number of methoxy groups -OCH3 is 1. The first-order valence-electron chi connectivity index (χ1n) is 12.2. The molecule has 1 aliphatic heterocycles. The number of anilines is 3. The maximum Gasteiger partial charge on any atom is 0.275 e. The molecular formula is C27H27N7O3. The van der Waals surface area contributed by atoms with Crippen LogP contribution in [0.2, 0.25) is 0 Å². The number of aryl methyl sites for hydroxylation is 1. The van der Waals surface area contributed by atoms with Gasteiger partial charge in [-0.15, -0.1) is 0 Å². The van der Waals surface area contributed by atoms with Crippen LogP contribution in [0, 0.1) is 5.92 Å². The zero-order chi connectivity index (χ0) is 25.7. The van der Waals surface area contributed by atoms with Gasteiger partial charge < -0.3 is 25.3 Å². The van der Waals surface area contributed by atoms with E-state index in [0.717, 1.165) is 48.2 Å². The number of para-hydroxylation sites is 1. The highest BCUT2D eigenvalue weighted by Gasteiger charge is 2.24. The number of benzene rings is 2. The third kappa shape index (κ3) is 3.81. The maximum atomic E-state index is 13.0. The topological polar surface area (TPSA) is 120 Å². The van der Waals surface area contributed by atoms with Crippen molar-refractivity contribution in [2.45, 2.75) is 12.8 Å². The van der Waals surface area contributed by atoms with Gasteiger partial charge >= 0.3 is 0 Å². The number of rotatable bonds is 5. The van der Waals surface area contributed by atoms with Gasteiger partial charge in [-0.1, -0.05) is 18.2 Å². The molecule has 10 nitrogen and oxygen atoms in total. The number of carbonyl (C=O) groups is 1. The number of nitrogens with one attached hydrogen (secondary N) is 1. The van der Waals surface area contributed by atoms with E-state index in [4.69, 9.17) is 15.5 Å². The predicted octanol–water partition coefficient (Wildman–Crippen LogP) is 3.19. The van der Waals surface area contributed by atoms with Gasteiger partial charge in [-0.2, -0.15) is 4.98 Å². The van der Waals surface area contributed by atoms with Crippen molar-refractivity contribution in [3.05, 3.63) is 65.1 Å². The van der Waals surface area contributed by atoms with Crippen LogP contribution in [0.5, 0.6) is 5.75 Å². The van der Waals surface area contributed by atoms with Crippen LogP contribution in [-0.4, -0.2) is 45.0 Å². The Kier molecular flexibility index (Phi) is 5.44. The molecule has 5 aromatic rings. The molecule has 1 amide bonds. The van der Waals surface area contributed by atoms with Crippen molar-refractivity contribution < 1.29 is 9.53 Å². The molecular weight excluding hydrogens is 470 g/mol. The van der Waals surface area contributed by atoms with Crippen LogP contribution >= 0.6 is 0 Å². The number of nitrogens with two attached hydrogens (primary N) is 1. The summed E-state index contributed by atoms with van der Waals surface area (Å²) in [6.45, 7) is 1.52. The average Bonchev–Trinajstić information content (AvgIpc) is 3.32. The van der Waals surface area contributed by atoms with Gasteiger partial charge in [0.1, 0.15) is 16.8 Å². The molecule has 0 atom stereocenters. The van der Waals surface area contributed by atoms with Crippen molar-refractivity contribution in [3.63, 3.8) is 0 Å². The lowest BCUT2D eigenvalue weighted by Crippen LogP contribution is -2.38. The third-order valence-corrected chi connectivity index (χ3v) is 7.25. The molecule has 4 heterocycles. The number of hydrogen-bond acceptors (Lipinski definition) is 7. The second-order valence-corrected chi connectivity index (χ2v) is 9.36. The number of primary amides is 1. The molecule has 3 N–H and O–H groups in total. The van der Waals surface area contributed by atoms with E-state index in [0.29, 0.717) is 28.4 Å². The maximum absolute atomic E-state index is 13.0. The first kappa shape index (κ1) is 22.8.